The van der Waals surface area contributed by atoms with E-state index in [0.717, 1.165) is 16.4 Å². The molecule has 24 heavy (non-hydrogen) atoms. The largest absolute Gasteiger partial charge is 0.468 e. The second-order valence-corrected chi connectivity index (χ2v) is 6.95. The lowest BCUT2D eigenvalue weighted by atomic mass is 10.3. The third-order valence-electron chi connectivity index (χ3n) is 3.35. The van der Waals surface area contributed by atoms with Crippen LogP contribution in [0.25, 0.3) is 0 Å². The summed E-state index contributed by atoms with van der Waals surface area (Å²) in [4.78, 5) is -0.348. The maximum Gasteiger partial charge on any atom is 0.244 e. The smallest absolute Gasteiger partial charge is 0.244 e. The predicted molar refractivity (Wildman–Crippen MR) is 80.2 cm³/mol. The van der Waals surface area contributed by atoms with Crippen molar-refractivity contribution in [2.24, 2.45) is 0 Å². The third kappa shape index (κ3) is 3.39. The van der Waals surface area contributed by atoms with E-state index < -0.39 is 21.7 Å². The van der Waals surface area contributed by atoms with Crippen molar-refractivity contribution in [3.05, 3.63) is 78.1 Å². The van der Waals surface area contributed by atoms with Crippen molar-refractivity contribution in [2.45, 2.75) is 18.0 Å². The average Bonchev–Trinajstić information content (AvgIpc) is 3.23. The van der Waals surface area contributed by atoms with Crippen LogP contribution in [0.1, 0.15) is 11.5 Å². The van der Waals surface area contributed by atoms with Crippen LogP contribution in [0.5, 0.6) is 0 Å². The molecule has 3 rings (SSSR count). The summed E-state index contributed by atoms with van der Waals surface area (Å²) in [5, 5.41) is 0. The van der Waals surface area contributed by atoms with E-state index in [1.54, 1.807) is 24.3 Å². The van der Waals surface area contributed by atoms with E-state index in [9.17, 15) is 17.2 Å². The summed E-state index contributed by atoms with van der Waals surface area (Å²) in [6.45, 7) is -0.149. The molecule has 0 fully saturated rings. The van der Waals surface area contributed by atoms with E-state index >= 15 is 0 Å². The van der Waals surface area contributed by atoms with E-state index in [1.807, 2.05) is 0 Å². The molecule has 0 saturated carbocycles. The van der Waals surface area contributed by atoms with Gasteiger partial charge in [0.05, 0.1) is 30.5 Å². The highest BCUT2D eigenvalue weighted by Gasteiger charge is 2.27. The Bertz CT molecular complexity index is 869. The van der Waals surface area contributed by atoms with Gasteiger partial charge in [-0.2, -0.15) is 4.31 Å². The summed E-state index contributed by atoms with van der Waals surface area (Å²) in [5.41, 5.74) is 0. The Morgan fingerprint density at radius 2 is 1.46 bits per heavy atom. The lowest BCUT2D eigenvalue weighted by molar-refractivity contribution is 0.330. The minimum absolute atomic E-state index is 0.0744. The number of furan rings is 2. The highest BCUT2D eigenvalue weighted by atomic mass is 32.2. The van der Waals surface area contributed by atoms with Gasteiger partial charge in [0, 0.05) is 0 Å². The van der Waals surface area contributed by atoms with Gasteiger partial charge >= 0.3 is 0 Å². The average molecular weight is 353 g/mol. The Balaban J connectivity index is 1.97. The maximum absolute atomic E-state index is 13.4. The number of halogens is 2. The minimum atomic E-state index is -4.09. The van der Waals surface area contributed by atoms with Gasteiger partial charge < -0.3 is 8.83 Å². The first-order valence-electron chi connectivity index (χ1n) is 6.97. The van der Waals surface area contributed by atoms with Gasteiger partial charge in [0.1, 0.15) is 11.5 Å². The van der Waals surface area contributed by atoms with Crippen LogP contribution >= 0.6 is 0 Å². The quantitative estimate of drug-likeness (QED) is 0.680. The molecule has 0 spiro atoms. The van der Waals surface area contributed by atoms with Crippen LogP contribution in [0.4, 0.5) is 8.78 Å². The lowest BCUT2D eigenvalue weighted by Gasteiger charge is -2.20. The van der Waals surface area contributed by atoms with Crippen LogP contribution in [0, 0.1) is 11.6 Å². The van der Waals surface area contributed by atoms with Gasteiger partial charge in [-0.15, -0.1) is 0 Å². The number of hydrogen-bond acceptors (Lipinski definition) is 4. The SMILES string of the molecule is O=S(=O)(c1ccc(F)c(F)c1)N(Cc1ccco1)Cc1ccco1. The fourth-order valence-corrected chi connectivity index (χ4v) is 3.55. The fraction of sp³-hybridized carbons (Fsp3) is 0.125. The number of rotatable bonds is 6. The number of benzene rings is 1. The van der Waals surface area contributed by atoms with Gasteiger partial charge in [-0.1, -0.05) is 0 Å². The topological polar surface area (TPSA) is 63.7 Å². The normalized spacial score (nSPS) is 12.0. The summed E-state index contributed by atoms with van der Waals surface area (Å²) in [6.07, 6.45) is 2.84. The summed E-state index contributed by atoms with van der Waals surface area (Å²) < 4.78 is 63.6. The molecule has 0 aliphatic rings. The Labute approximate surface area is 137 Å². The molecule has 0 N–H and O–H groups in total. The van der Waals surface area contributed by atoms with Crippen LogP contribution in [0.2, 0.25) is 0 Å². The van der Waals surface area contributed by atoms with Gasteiger partial charge in [-0.25, -0.2) is 17.2 Å². The van der Waals surface area contributed by atoms with Gasteiger partial charge in [0.15, 0.2) is 11.6 Å². The molecule has 0 aliphatic heterocycles. The molecule has 8 heteroatoms. The van der Waals surface area contributed by atoms with Crippen molar-refractivity contribution < 1.29 is 26.0 Å². The molecule has 3 aromatic rings. The number of sulfonamides is 1. The molecule has 5 nitrogen and oxygen atoms in total. The van der Waals surface area contributed by atoms with Crippen molar-refractivity contribution in [1.82, 2.24) is 4.31 Å². The van der Waals surface area contributed by atoms with E-state index in [0.29, 0.717) is 17.6 Å². The zero-order chi connectivity index (χ0) is 17.2. The first-order chi connectivity index (χ1) is 11.5. The molecule has 1 aromatic carbocycles. The van der Waals surface area contributed by atoms with E-state index in [2.05, 4.69) is 0 Å². The number of nitrogens with zero attached hydrogens (tertiary/aromatic N) is 1. The van der Waals surface area contributed by atoms with E-state index in [-0.39, 0.29) is 18.0 Å². The third-order valence-corrected chi connectivity index (χ3v) is 5.14. The lowest BCUT2D eigenvalue weighted by Crippen LogP contribution is -2.30. The van der Waals surface area contributed by atoms with Crippen molar-refractivity contribution >= 4 is 10.0 Å². The Hall–Kier alpha value is -2.45. The molecular weight excluding hydrogens is 340 g/mol. The molecule has 0 amide bonds. The van der Waals surface area contributed by atoms with Gasteiger partial charge in [0.25, 0.3) is 0 Å². The molecular formula is C16H13F2NO4S. The summed E-state index contributed by atoms with van der Waals surface area (Å²) in [7, 11) is -4.09. The van der Waals surface area contributed by atoms with Crippen molar-refractivity contribution in [3.63, 3.8) is 0 Å². The Morgan fingerprint density at radius 3 is 1.92 bits per heavy atom. The summed E-state index contributed by atoms with van der Waals surface area (Å²) in [6, 6.07) is 8.95. The Kier molecular flexibility index (Phi) is 4.50. The number of hydrogen-bond donors (Lipinski definition) is 0. The van der Waals surface area contributed by atoms with Crippen molar-refractivity contribution in [1.29, 1.82) is 0 Å². The van der Waals surface area contributed by atoms with Gasteiger partial charge in [0.2, 0.25) is 10.0 Å². The fourth-order valence-electron chi connectivity index (χ4n) is 2.16. The predicted octanol–water partition coefficient (Wildman–Crippen LogP) is 3.54. The molecule has 2 aromatic heterocycles. The first kappa shape index (κ1) is 16.4. The standard InChI is InChI=1S/C16H13F2NO4S/c17-15-6-5-14(9-16(15)18)24(20,21)19(10-12-3-1-7-22-12)11-13-4-2-8-23-13/h1-9H,10-11H2. The summed E-state index contributed by atoms with van der Waals surface area (Å²) in [5.74, 6) is -1.52. The first-order valence-corrected chi connectivity index (χ1v) is 8.41. The van der Waals surface area contributed by atoms with Crippen LogP contribution in [-0.2, 0) is 23.1 Å². The zero-order valence-corrected chi connectivity index (χ0v) is 13.2. The zero-order valence-electron chi connectivity index (χ0n) is 12.4. The van der Waals surface area contributed by atoms with Crippen molar-refractivity contribution in [3.8, 4) is 0 Å². The second-order valence-electron chi connectivity index (χ2n) is 5.01. The summed E-state index contributed by atoms with van der Waals surface area (Å²) >= 11 is 0. The molecule has 0 unspecified atom stereocenters. The Morgan fingerprint density at radius 1 is 0.875 bits per heavy atom. The molecule has 2 heterocycles. The molecule has 0 radical (unpaired) electrons. The maximum atomic E-state index is 13.4. The molecule has 0 aliphatic carbocycles. The van der Waals surface area contributed by atoms with Crippen LogP contribution < -0.4 is 0 Å². The van der Waals surface area contributed by atoms with Crippen LogP contribution in [0.3, 0.4) is 0 Å². The van der Waals surface area contributed by atoms with Crippen LogP contribution in [-0.4, -0.2) is 12.7 Å². The van der Waals surface area contributed by atoms with Gasteiger partial charge in [-0.3, -0.25) is 0 Å². The highest BCUT2D eigenvalue weighted by Crippen LogP contribution is 2.23. The highest BCUT2D eigenvalue weighted by molar-refractivity contribution is 7.89. The molecule has 0 bridgehead atoms. The van der Waals surface area contributed by atoms with E-state index in [4.69, 9.17) is 8.83 Å². The molecule has 0 atom stereocenters. The minimum Gasteiger partial charge on any atom is -0.468 e. The second kappa shape index (κ2) is 6.58. The van der Waals surface area contributed by atoms with Crippen molar-refractivity contribution in [2.75, 3.05) is 0 Å². The van der Waals surface area contributed by atoms with Crippen LogP contribution in [0.15, 0.2) is 68.7 Å². The molecule has 126 valence electrons. The van der Waals surface area contributed by atoms with E-state index in [1.165, 1.54) is 12.5 Å². The molecule has 0 saturated heterocycles. The van der Waals surface area contributed by atoms with Gasteiger partial charge in [-0.05, 0) is 42.5 Å². The monoisotopic (exact) mass is 353 g/mol.